The summed E-state index contributed by atoms with van der Waals surface area (Å²) in [5.41, 5.74) is 2.60. The number of hydrogen-bond donors (Lipinski definition) is 0. The van der Waals surface area contributed by atoms with Gasteiger partial charge >= 0.3 is 8.38 Å². The molecule has 3 heteroatoms. The molecule has 0 heterocycles. The lowest BCUT2D eigenvalue weighted by molar-refractivity contribution is 0.501. The standard InChI is InChI=1S/C24H27O2P/c1-18(2)20-10-14-22(15-11-20)25-27(24-8-6-5-7-9-24)26-23-16-12-21(13-17-23)19(3)4/h5-19H,1-4H3. The van der Waals surface area contributed by atoms with E-state index in [4.69, 9.17) is 9.05 Å². The van der Waals surface area contributed by atoms with Crippen LogP contribution in [0.4, 0.5) is 0 Å². The fourth-order valence-corrected chi connectivity index (χ4v) is 3.98. The summed E-state index contributed by atoms with van der Waals surface area (Å²) in [5, 5.41) is 1.05. The Morgan fingerprint density at radius 1 is 0.556 bits per heavy atom. The van der Waals surface area contributed by atoms with Gasteiger partial charge in [0.05, 0.1) is 5.30 Å². The zero-order valence-corrected chi connectivity index (χ0v) is 17.3. The SMILES string of the molecule is CC(C)c1ccc(OP(Oc2ccc(C(C)C)cc2)c2ccccc2)cc1. The quantitative estimate of drug-likeness (QED) is 0.411. The fraction of sp³-hybridized carbons (Fsp3) is 0.250. The van der Waals surface area contributed by atoms with E-state index in [0.717, 1.165) is 16.8 Å². The third-order valence-electron chi connectivity index (χ3n) is 4.44. The van der Waals surface area contributed by atoms with E-state index in [1.165, 1.54) is 11.1 Å². The van der Waals surface area contributed by atoms with Gasteiger partial charge in [-0.2, -0.15) is 0 Å². The molecule has 140 valence electrons. The van der Waals surface area contributed by atoms with Gasteiger partial charge in [-0.3, -0.25) is 0 Å². The molecule has 0 saturated heterocycles. The average molecular weight is 378 g/mol. The monoisotopic (exact) mass is 378 g/mol. The summed E-state index contributed by atoms with van der Waals surface area (Å²) >= 11 is 0. The molecule has 3 aromatic carbocycles. The molecule has 0 amide bonds. The van der Waals surface area contributed by atoms with Crippen LogP contribution in [0.3, 0.4) is 0 Å². The first kappa shape index (κ1) is 19.5. The zero-order chi connectivity index (χ0) is 19.2. The smallest absolute Gasteiger partial charge is 0.326 e. The first-order valence-corrected chi connectivity index (χ1v) is 10.6. The molecular weight excluding hydrogens is 351 g/mol. The van der Waals surface area contributed by atoms with Gasteiger partial charge in [0.15, 0.2) is 0 Å². The molecule has 0 aromatic heterocycles. The normalized spacial score (nSPS) is 11.2. The second kappa shape index (κ2) is 9.06. The van der Waals surface area contributed by atoms with Gasteiger partial charge in [0.1, 0.15) is 11.5 Å². The van der Waals surface area contributed by atoms with E-state index in [1.54, 1.807) is 0 Å². The van der Waals surface area contributed by atoms with Crippen molar-refractivity contribution < 1.29 is 9.05 Å². The van der Waals surface area contributed by atoms with Crippen LogP contribution in [0.1, 0.15) is 50.7 Å². The van der Waals surface area contributed by atoms with E-state index < -0.39 is 8.38 Å². The first-order valence-electron chi connectivity index (χ1n) is 9.44. The predicted octanol–water partition coefficient (Wildman–Crippen LogP) is 7.03. The van der Waals surface area contributed by atoms with Crippen LogP contribution in [-0.2, 0) is 0 Å². The lowest BCUT2D eigenvalue weighted by Crippen LogP contribution is -2.09. The minimum absolute atomic E-state index is 0.505. The summed E-state index contributed by atoms with van der Waals surface area (Å²) in [6.45, 7) is 8.76. The van der Waals surface area contributed by atoms with Gasteiger partial charge in [0, 0.05) is 0 Å². The van der Waals surface area contributed by atoms with Crippen molar-refractivity contribution >= 4 is 13.7 Å². The number of rotatable bonds is 7. The molecule has 2 nitrogen and oxygen atoms in total. The number of benzene rings is 3. The zero-order valence-electron chi connectivity index (χ0n) is 16.4. The van der Waals surface area contributed by atoms with Gasteiger partial charge in [-0.05, 0) is 59.4 Å². The van der Waals surface area contributed by atoms with E-state index in [1.807, 2.05) is 42.5 Å². The summed E-state index contributed by atoms with van der Waals surface area (Å²) in [7, 11) is -1.26. The van der Waals surface area contributed by atoms with E-state index in [2.05, 4.69) is 64.1 Å². The Morgan fingerprint density at radius 2 is 0.963 bits per heavy atom. The van der Waals surface area contributed by atoms with Crippen LogP contribution in [0, 0.1) is 0 Å². The van der Waals surface area contributed by atoms with Crippen LogP contribution < -0.4 is 14.4 Å². The minimum Gasteiger partial charge on any atom is -0.435 e. The maximum Gasteiger partial charge on any atom is 0.326 e. The second-order valence-electron chi connectivity index (χ2n) is 7.22. The minimum atomic E-state index is -1.26. The van der Waals surface area contributed by atoms with Crippen LogP contribution in [0.25, 0.3) is 0 Å². The van der Waals surface area contributed by atoms with Gasteiger partial charge in [-0.15, -0.1) is 0 Å². The molecule has 0 aliphatic heterocycles. The molecule has 3 aromatic rings. The largest absolute Gasteiger partial charge is 0.435 e. The van der Waals surface area contributed by atoms with Crippen molar-refractivity contribution in [2.24, 2.45) is 0 Å². The van der Waals surface area contributed by atoms with Crippen molar-refractivity contribution in [1.29, 1.82) is 0 Å². The lowest BCUT2D eigenvalue weighted by Gasteiger charge is -2.19. The molecule has 0 unspecified atom stereocenters. The molecule has 0 fully saturated rings. The van der Waals surface area contributed by atoms with Gasteiger partial charge in [0.2, 0.25) is 0 Å². The predicted molar refractivity (Wildman–Crippen MR) is 115 cm³/mol. The lowest BCUT2D eigenvalue weighted by atomic mass is 10.0. The Balaban J connectivity index is 1.81. The molecule has 27 heavy (non-hydrogen) atoms. The Morgan fingerprint density at radius 3 is 1.33 bits per heavy atom. The van der Waals surface area contributed by atoms with Gasteiger partial charge < -0.3 is 9.05 Å². The molecule has 3 rings (SSSR count). The van der Waals surface area contributed by atoms with Gasteiger partial charge in [-0.1, -0.05) is 70.2 Å². The highest BCUT2D eigenvalue weighted by Crippen LogP contribution is 2.40. The average Bonchev–Trinajstić information content (AvgIpc) is 2.69. The van der Waals surface area contributed by atoms with Crippen molar-refractivity contribution in [1.82, 2.24) is 0 Å². The van der Waals surface area contributed by atoms with E-state index in [-0.39, 0.29) is 0 Å². The van der Waals surface area contributed by atoms with Crippen LogP contribution >= 0.6 is 8.38 Å². The molecule has 0 radical (unpaired) electrons. The highest BCUT2D eigenvalue weighted by Gasteiger charge is 2.18. The van der Waals surface area contributed by atoms with Crippen molar-refractivity contribution in [3.63, 3.8) is 0 Å². The molecule has 0 aliphatic rings. The Labute approximate surface area is 164 Å². The highest BCUT2D eigenvalue weighted by atomic mass is 31.2. The topological polar surface area (TPSA) is 18.5 Å². The maximum atomic E-state index is 6.26. The van der Waals surface area contributed by atoms with Crippen molar-refractivity contribution in [3.8, 4) is 11.5 Å². The first-order chi connectivity index (χ1) is 13.0. The van der Waals surface area contributed by atoms with Crippen LogP contribution in [-0.4, -0.2) is 0 Å². The molecule has 0 spiro atoms. The highest BCUT2D eigenvalue weighted by molar-refractivity contribution is 7.56. The second-order valence-corrected chi connectivity index (χ2v) is 8.62. The Bertz CT molecular complexity index is 771. The van der Waals surface area contributed by atoms with Crippen molar-refractivity contribution in [3.05, 3.63) is 90.0 Å². The third kappa shape index (κ3) is 5.34. The number of hydrogen-bond acceptors (Lipinski definition) is 2. The molecule has 0 saturated carbocycles. The third-order valence-corrected chi connectivity index (χ3v) is 5.91. The Hall–Kier alpha value is -2.31. The summed E-state index contributed by atoms with van der Waals surface area (Å²) < 4.78 is 12.5. The van der Waals surface area contributed by atoms with Crippen LogP contribution in [0.2, 0.25) is 0 Å². The van der Waals surface area contributed by atoms with Crippen LogP contribution in [0.5, 0.6) is 11.5 Å². The molecule has 0 N–H and O–H groups in total. The van der Waals surface area contributed by atoms with Crippen molar-refractivity contribution in [2.75, 3.05) is 0 Å². The fourth-order valence-electron chi connectivity index (χ4n) is 2.69. The Kier molecular flexibility index (Phi) is 6.53. The van der Waals surface area contributed by atoms with Crippen molar-refractivity contribution in [2.45, 2.75) is 39.5 Å². The molecule has 0 atom stereocenters. The van der Waals surface area contributed by atoms with E-state index >= 15 is 0 Å². The molecule has 0 aliphatic carbocycles. The van der Waals surface area contributed by atoms with Gasteiger partial charge in [0.25, 0.3) is 0 Å². The summed E-state index contributed by atoms with van der Waals surface area (Å²) in [4.78, 5) is 0. The molecular formula is C24H27O2P. The summed E-state index contributed by atoms with van der Waals surface area (Å²) in [6, 6.07) is 26.7. The maximum absolute atomic E-state index is 6.26. The summed E-state index contributed by atoms with van der Waals surface area (Å²) in [6.07, 6.45) is 0. The van der Waals surface area contributed by atoms with E-state index in [0.29, 0.717) is 11.8 Å². The van der Waals surface area contributed by atoms with Crippen LogP contribution in [0.15, 0.2) is 78.9 Å². The summed E-state index contributed by atoms with van der Waals surface area (Å²) in [5.74, 6) is 2.66. The van der Waals surface area contributed by atoms with Gasteiger partial charge in [-0.25, -0.2) is 0 Å². The van der Waals surface area contributed by atoms with E-state index in [9.17, 15) is 0 Å². The molecule has 0 bridgehead atoms.